The molecule has 0 atom stereocenters. The van der Waals surface area contributed by atoms with Gasteiger partial charge in [-0.25, -0.2) is 14.3 Å². The van der Waals surface area contributed by atoms with Gasteiger partial charge in [0.05, 0.1) is 13.7 Å². The number of amides is 1. The van der Waals surface area contributed by atoms with Crippen LogP contribution in [0.1, 0.15) is 10.4 Å². The van der Waals surface area contributed by atoms with E-state index in [9.17, 15) is 9.59 Å². The molecule has 1 amide bonds. The first-order chi connectivity index (χ1) is 12.2. The minimum absolute atomic E-state index is 0.233. The Bertz CT molecular complexity index is 920. The Hall–Kier alpha value is -3.49. The van der Waals surface area contributed by atoms with E-state index in [1.807, 2.05) is 0 Å². The van der Waals surface area contributed by atoms with Gasteiger partial charge in [0, 0.05) is 18.2 Å². The van der Waals surface area contributed by atoms with Gasteiger partial charge in [-0.2, -0.15) is 5.10 Å². The van der Waals surface area contributed by atoms with E-state index in [-0.39, 0.29) is 24.6 Å². The van der Waals surface area contributed by atoms with E-state index in [1.54, 1.807) is 30.3 Å². The molecule has 1 N–H and O–H groups in total. The number of aromatic nitrogens is 5. The molecule has 0 saturated carbocycles. The number of benzene rings is 1. The quantitative estimate of drug-likeness (QED) is 0.690. The van der Waals surface area contributed by atoms with Gasteiger partial charge in [-0.05, 0) is 24.3 Å². The standard InChI is InChI=1S/C16H16N6O3/c1-25-13-4-2-3-12(9-13)16(24)18-7-8-21-15(23)6-5-14(20-21)22-11-17-10-19-22/h2-6,9-11H,7-8H2,1H3,(H,18,24). The Balaban J connectivity index is 1.64. The smallest absolute Gasteiger partial charge is 0.266 e. The first kappa shape index (κ1) is 16.4. The third kappa shape index (κ3) is 3.89. The van der Waals surface area contributed by atoms with Crippen molar-refractivity contribution in [1.82, 2.24) is 29.9 Å². The Morgan fingerprint density at radius 1 is 1.28 bits per heavy atom. The van der Waals surface area contributed by atoms with Crippen molar-refractivity contribution in [1.29, 1.82) is 0 Å². The molecule has 128 valence electrons. The van der Waals surface area contributed by atoms with Crippen molar-refractivity contribution in [2.75, 3.05) is 13.7 Å². The largest absolute Gasteiger partial charge is 0.497 e. The molecule has 2 aromatic heterocycles. The maximum atomic E-state index is 12.1. The fraction of sp³-hybridized carbons (Fsp3) is 0.188. The summed E-state index contributed by atoms with van der Waals surface area (Å²) in [6, 6.07) is 9.78. The van der Waals surface area contributed by atoms with Crippen molar-refractivity contribution in [2.24, 2.45) is 0 Å². The number of rotatable bonds is 6. The summed E-state index contributed by atoms with van der Waals surface area (Å²) in [7, 11) is 1.54. The second kappa shape index (κ2) is 7.39. The molecular formula is C16H16N6O3. The predicted molar refractivity (Wildman–Crippen MR) is 88.7 cm³/mol. The monoisotopic (exact) mass is 340 g/mol. The zero-order chi connectivity index (χ0) is 17.6. The van der Waals surface area contributed by atoms with E-state index < -0.39 is 0 Å². The van der Waals surface area contributed by atoms with Crippen LogP contribution in [0.3, 0.4) is 0 Å². The second-order valence-electron chi connectivity index (χ2n) is 5.08. The van der Waals surface area contributed by atoms with Crippen LogP contribution in [0.5, 0.6) is 5.75 Å². The summed E-state index contributed by atoms with van der Waals surface area (Å²) < 4.78 is 7.81. The lowest BCUT2D eigenvalue weighted by atomic mass is 10.2. The van der Waals surface area contributed by atoms with Crippen LogP contribution in [0.4, 0.5) is 0 Å². The Morgan fingerprint density at radius 2 is 2.16 bits per heavy atom. The topological polar surface area (TPSA) is 104 Å². The first-order valence-corrected chi connectivity index (χ1v) is 7.53. The minimum atomic E-state index is -0.264. The lowest BCUT2D eigenvalue weighted by molar-refractivity contribution is 0.0951. The highest BCUT2D eigenvalue weighted by molar-refractivity contribution is 5.94. The summed E-state index contributed by atoms with van der Waals surface area (Å²) in [6.45, 7) is 0.487. The average molecular weight is 340 g/mol. The molecule has 0 unspecified atom stereocenters. The van der Waals surface area contributed by atoms with Crippen molar-refractivity contribution >= 4 is 5.91 Å². The number of nitrogens with zero attached hydrogens (tertiary/aromatic N) is 5. The maximum Gasteiger partial charge on any atom is 0.266 e. The van der Waals surface area contributed by atoms with E-state index in [2.05, 4.69) is 20.5 Å². The number of ether oxygens (including phenoxy) is 1. The fourth-order valence-electron chi connectivity index (χ4n) is 2.19. The van der Waals surface area contributed by atoms with Gasteiger partial charge < -0.3 is 10.1 Å². The number of hydrogen-bond acceptors (Lipinski definition) is 6. The van der Waals surface area contributed by atoms with Crippen LogP contribution in [0.25, 0.3) is 5.82 Å². The molecule has 1 aromatic carbocycles. The predicted octanol–water partition coefficient (Wildman–Crippen LogP) is 0.263. The van der Waals surface area contributed by atoms with Gasteiger partial charge in [0.25, 0.3) is 11.5 Å². The summed E-state index contributed by atoms with van der Waals surface area (Å²) >= 11 is 0. The van der Waals surface area contributed by atoms with Gasteiger partial charge in [-0.1, -0.05) is 6.07 Å². The Morgan fingerprint density at radius 3 is 2.92 bits per heavy atom. The molecule has 9 heteroatoms. The van der Waals surface area contributed by atoms with Crippen LogP contribution in [0.2, 0.25) is 0 Å². The van der Waals surface area contributed by atoms with Crippen molar-refractivity contribution in [3.05, 3.63) is 65.0 Å². The molecule has 0 fully saturated rings. The van der Waals surface area contributed by atoms with E-state index >= 15 is 0 Å². The number of hydrogen-bond donors (Lipinski definition) is 1. The molecule has 0 aliphatic rings. The summed E-state index contributed by atoms with van der Waals surface area (Å²) in [6.07, 6.45) is 2.87. The molecule has 25 heavy (non-hydrogen) atoms. The SMILES string of the molecule is COc1cccc(C(=O)NCCn2nc(-n3cncn3)ccc2=O)c1. The molecule has 0 saturated heterocycles. The highest BCUT2D eigenvalue weighted by Gasteiger charge is 2.07. The van der Waals surface area contributed by atoms with Crippen LogP contribution in [0, 0.1) is 0 Å². The second-order valence-corrected chi connectivity index (χ2v) is 5.08. The average Bonchev–Trinajstić information content (AvgIpc) is 3.18. The first-order valence-electron chi connectivity index (χ1n) is 7.53. The molecule has 0 aliphatic heterocycles. The summed E-state index contributed by atoms with van der Waals surface area (Å²) in [5.74, 6) is 0.821. The van der Waals surface area contributed by atoms with E-state index in [0.29, 0.717) is 17.1 Å². The van der Waals surface area contributed by atoms with Crippen LogP contribution in [0.15, 0.2) is 53.8 Å². The lowest BCUT2D eigenvalue weighted by Gasteiger charge is -2.09. The van der Waals surface area contributed by atoms with Crippen molar-refractivity contribution < 1.29 is 9.53 Å². The van der Waals surface area contributed by atoms with Crippen molar-refractivity contribution in [3.63, 3.8) is 0 Å². The Labute approximate surface area is 142 Å². The summed E-state index contributed by atoms with van der Waals surface area (Å²) in [5.41, 5.74) is 0.218. The van der Waals surface area contributed by atoms with Crippen LogP contribution in [-0.4, -0.2) is 44.1 Å². The number of nitrogens with one attached hydrogen (secondary N) is 1. The van der Waals surface area contributed by atoms with Crippen molar-refractivity contribution in [3.8, 4) is 11.6 Å². The maximum absolute atomic E-state index is 12.1. The lowest BCUT2D eigenvalue weighted by Crippen LogP contribution is -2.32. The van der Waals surface area contributed by atoms with Gasteiger partial charge in [-0.3, -0.25) is 9.59 Å². The highest BCUT2D eigenvalue weighted by atomic mass is 16.5. The summed E-state index contributed by atoms with van der Waals surface area (Å²) in [4.78, 5) is 27.9. The molecule has 3 rings (SSSR count). The highest BCUT2D eigenvalue weighted by Crippen LogP contribution is 2.12. The fourth-order valence-corrected chi connectivity index (χ4v) is 2.19. The molecule has 2 heterocycles. The van der Waals surface area contributed by atoms with E-state index in [4.69, 9.17) is 4.74 Å². The third-order valence-corrected chi connectivity index (χ3v) is 3.45. The number of carbonyl (C=O) groups excluding carboxylic acids is 1. The Kier molecular flexibility index (Phi) is 4.84. The molecule has 3 aromatic rings. The van der Waals surface area contributed by atoms with E-state index in [0.717, 1.165) is 0 Å². The minimum Gasteiger partial charge on any atom is -0.497 e. The molecule has 0 spiro atoms. The molecule has 0 aliphatic carbocycles. The molecule has 9 nitrogen and oxygen atoms in total. The zero-order valence-corrected chi connectivity index (χ0v) is 13.5. The van der Waals surface area contributed by atoms with Crippen LogP contribution in [-0.2, 0) is 6.54 Å². The zero-order valence-electron chi connectivity index (χ0n) is 13.5. The number of carbonyl (C=O) groups is 1. The number of methoxy groups -OCH3 is 1. The normalized spacial score (nSPS) is 10.4. The van der Waals surface area contributed by atoms with Gasteiger partial charge in [0.2, 0.25) is 0 Å². The van der Waals surface area contributed by atoms with Gasteiger partial charge in [-0.15, -0.1) is 5.10 Å². The molecular weight excluding hydrogens is 324 g/mol. The van der Waals surface area contributed by atoms with Crippen LogP contribution < -0.4 is 15.6 Å². The van der Waals surface area contributed by atoms with Gasteiger partial charge >= 0.3 is 0 Å². The molecule has 0 bridgehead atoms. The van der Waals surface area contributed by atoms with Crippen molar-refractivity contribution in [2.45, 2.75) is 6.54 Å². The third-order valence-electron chi connectivity index (χ3n) is 3.45. The summed E-state index contributed by atoms with van der Waals surface area (Å²) in [5, 5.41) is 10.9. The van der Waals surface area contributed by atoms with E-state index in [1.165, 1.54) is 35.2 Å². The van der Waals surface area contributed by atoms with Gasteiger partial charge in [0.1, 0.15) is 18.4 Å². The van der Waals surface area contributed by atoms with Gasteiger partial charge in [0.15, 0.2) is 5.82 Å². The van der Waals surface area contributed by atoms with Crippen LogP contribution >= 0.6 is 0 Å². The molecule has 0 radical (unpaired) electrons.